The molecule has 0 saturated heterocycles. The Balaban J connectivity index is 1.74. The van der Waals surface area contributed by atoms with Crippen LogP contribution >= 0.6 is 0 Å². The van der Waals surface area contributed by atoms with Crippen molar-refractivity contribution in [1.29, 1.82) is 0 Å². The summed E-state index contributed by atoms with van der Waals surface area (Å²) in [7, 11) is 0. The van der Waals surface area contributed by atoms with Gasteiger partial charge in [-0.15, -0.1) is 0 Å². The standard InChI is InChI=1S/C20H19F3N4/c21-20(22,23)17-8-7-16-19(26-17)27(18(25-16)12-3-1-2-4-12)14-5-6-15-13(11-14)9-10-24-15/h5-8,11-12,24H,1-4,9-10H2. The van der Waals surface area contributed by atoms with Crippen LogP contribution < -0.4 is 5.32 Å². The van der Waals surface area contributed by atoms with Crippen LogP contribution in [0.5, 0.6) is 0 Å². The van der Waals surface area contributed by atoms with Crippen LogP contribution in [0.1, 0.15) is 48.7 Å². The van der Waals surface area contributed by atoms with E-state index in [1.54, 1.807) is 0 Å². The van der Waals surface area contributed by atoms with Crippen LogP contribution in [-0.2, 0) is 12.6 Å². The third-order valence-electron chi connectivity index (χ3n) is 5.60. The van der Waals surface area contributed by atoms with Gasteiger partial charge in [-0.3, -0.25) is 4.57 Å². The second-order valence-electron chi connectivity index (χ2n) is 7.34. The molecule has 0 amide bonds. The zero-order chi connectivity index (χ0) is 18.6. The number of anilines is 1. The molecule has 0 spiro atoms. The lowest BCUT2D eigenvalue weighted by Crippen LogP contribution is -2.10. The minimum absolute atomic E-state index is 0.264. The molecule has 2 aliphatic rings. The van der Waals surface area contributed by atoms with Gasteiger partial charge >= 0.3 is 6.18 Å². The average Bonchev–Trinajstić information content (AvgIpc) is 3.37. The van der Waals surface area contributed by atoms with Crippen molar-refractivity contribution >= 4 is 16.9 Å². The van der Waals surface area contributed by atoms with Crippen molar-refractivity contribution in [3.63, 3.8) is 0 Å². The molecule has 0 bridgehead atoms. The van der Waals surface area contributed by atoms with Gasteiger partial charge in [-0.25, -0.2) is 9.97 Å². The first-order chi connectivity index (χ1) is 13.0. The van der Waals surface area contributed by atoms with Gasteiger partial charge in [0.1, 0.15) is 17.0 Å². The third kappa shape index (κ3) is 2.76. The van der Waals surface area contributed by atoms with Crippen LogP contribution in [0.2, 0.25) is 0 Å². The summed E-state index contributed by atoms with van der Waals surface area (Å²) in [6.07, 6.45) is 0.727. The van der Waals surface area contributed by atoms with Crippen LogP contribution in [0.3, 0.4) is 0 Å². The topological polar surface area (TPSA) is 42.7 Å². The van der Waals surface area contributed by atoms with Gasteiger partial charge in [0.2, 0.25) is 0 Å². The van der Waals surface area contributed by atoms with E-state index in [9.17, 15) is 13.2 Å². The summed E-state index contributed by atoms with van der Waals surface area (Å²) in [6, 6.07) is 8.45. The first-order valence-electron chi connectivity index (χ1n) is 9.34. The zero-order valence-electron chi connectivity index (χ0n) is 14.7. The number of pyridine rings is 1. The van der Waals surface area contributed by atoms with Gasteiger partial charge in [-0.1, -0.05) is 12.8 Å². The van der Waals surface area contributed by atoms with E-state index in [2.05, 4.69) is 16.4 Å². The average molecular weight is 372 g/mol. The quantitative estimate of drug-likeness (QED) is 0.683. The fourth-order valence-corrected chi connectivity index (χ4v) is 4.28. The van der Waals surface area contributed by atoms with Crippen molar-refractivity contribution in [2.45, 2.75) is 44.2 Å². The molecule has 2 aromatic heterocycles. The maximum absolute atomic E-state index is 13.2. The third-order valence-corrected chi connectivity index (χ3v) is 5.60. The molecule has 7 heteroatoms. The van der Waals surface area contributed by atoms with Crippen LogP contribution in [0.25, 0.3) is 16.9 Å². The summed E-state index contributed by atoms with van der Waals surface area (Å²) in [5.74, 6) is 1.10. The van der Waals surface area contributed by atoms with Crippen LogP contribution in [0.15, 0.2) is 30.3 Å². The van der Waals surface area contributed by atoms with Crippen LogP contribution in [0.4, 0.5) is 18.9 Å². The lowest BCUT2D eigenvalue weighted by atomic mass is 10.1. The highest BCUT2D eigenvalue weighted by atomic mass is 19.4. The Kier molecular flexibility index (Phi) is 3.67. The maximum Gasteiger partial charge on any atom is 0.433 e. The molecule has 3 heterocycles. The molecule has 1 fully saturated rings. The molecule has 5 rings (SSSR count). The van der Waals surface area contributed by atoms with Crippen molar-refractivity contribution in [2.75, 3.05) is 11.9 Å². The molecule has 1 aromatic carbocycles. The Morgan fingerprint density at radius 2 is 1.85 bits per heavy atom. The van der Waals surface area contributed by atoms with Crippen LogP contribution in [-0.4, -0.2) is 21.1 Å². The summed E-state index contributed by atoms with van der Waals surface area (Å²) < 4.78 is 41.6. The number of nitrogens with one attached hydrogen (secondary N) is 1. The van der Waals surface area contributed by atoms with Gasteiger partial charge in [0, 0.05) is 23.8 Å². The molecule has 1 aliphatic heterocycles. The Morgan fingerprint density at radius 3 is 2.63 bits per heavy atom. The zero-order valence-corrected chi connectivity index (χ0v) is 14.7. The second-order valence-corrected chi connectivity index (χ2v) is 7.34. The first-order valence-corrected chi connectivity index (χ1v) is 9.34. The second kappa shape index (κ2) is 5.97. The number of alkyl halides is 3. The van der Waals surface area contributed by atoms with Crippen molar-refractivity contribution < 1.29 is 13.2 Å². The number of benzene rings is 1. The van der Waals surface area contributed by atoms with E-state index in [0.717, 1.165) is 61.9 Å². The first kappa shape index (κ1) is 16.6. The van der Waals surface area contributed by atoms with Gasteiger partial charge in [-0.05, 0) is 55.2 Å². The minimum atomic E-state index is -4.47. The number of hydrogen-bond donors (Lipinski definition) is 1. The monoisotopic (exact) mass is 372 g/mol. The molecule has 0 unspecified atom stereocenters. The highest BCUT2D eigenvalue weighted by Gasteiger charge is 2.34. The molecular weight excluding hydrogens is 353 g/mol. The lowest BCUT2D eigenvalue weighted by molar-refractivity contribution is -0.141. The largest absolute Gasteiger partial charge is 0.433 e. The minimum Gasteiger partial charge on any atom is -0.384 e. The predicted octanol–water partition coefficient (Wildman–Crippen LogP) is 5.06. The number of halogens is 3. The molecule has 4 nitrogen and oxygen atoms in total. The SMILES string of the molecule is FC(F)(F)c1ccc2nc(C3CCCC3)n(-c3ccc4c(c3)CCN4)c2n1. The van der Waals surface area contributed by atoms with E-state index < -0.39 is 11.9 Å². The number of imidazole rings is 1. The fourth-order valence-electron chi connectivity index (χ4n) is 4.28. The van der Waals surface area contributed by atoms with Crippen LogP contribution in [0, 0.1) is 0 Å². The van der Waals surface area contributed by atoms with E-state index >= 15 is 0 Å². The fraction of sp³-hybridized carbons (Fsp3) is 0.400. The highest BCUT2D eigenvalue weighted by Crippen LogP contribution is 2.38. The van der Waals surface area contributed by atoms with Gasteiger partial charge in [0.05, 0.1) is 0 Å². The van der Waals surface area contributed by atoms with E-state index in [1.807, 2.05) is 16.7 Å². The van der Waals surface area contributed by atoms with Crippen molar-refractivity contribution in [3.8, 4) is 5.69 Å². The van der Waals surface area contributed by atoms with E-state index in [1.165, 1.54) is 11.6 Å². The molecular formula is C20H19F3N4. The normalized spacial score (nSPS) is 17.4. The molecule has 140 valence electrons. The summed E-state index contributed by atoms with van der Waals surface area (Å²) in [5.41, 5.74) is 3.04. The number of aromatic nitrogens is 3. The van der Waals surface area contributed by atoms with Gasteiger partial charge in [0.15, 0.2) is 5.65 Å². The summed E-state index contributed by atoms with van der Waals surface area (Å²) >= 11 is 0. The molecule has 1 saturated carbocycles. The maximum atomic E-state index is 13.2. The Morgan fingerprint density at radius 1 is 1.04 bits per heavy atom. The van der Waals surface area contributed by atoms with E-state index in [4.69, 9.17) is 4.98 Å². The van der Waals surface area contributed by atoms with Gasteiger partial charge < -0.3 is 5.32 Å². The van der Waals surface area contributed by atoms with Crippen molar-refractivity contribution in [1.82, 2.24) is 14.5 Å². The Hall–Kier alpha value is -2.57. The number of fused-ring (bicyclic) bond motifs is 2. The molecule has 0 atom stereocenters. The number of nitrogens with zero attached hydrogens (tertiary/aromatic N) is 3. The van der Waals surface area contributed by atoms with Crippen molar-refractivity contribution in [3.05, 3.63) is 47.4 Å². The van der Waals surface area contributed by atoms with E-state index in [-0.39, 0.29) is 11.6 Å². The van der Waals surface area contributed by atoms with E-state index in [0.29, 0.717) is 5.52 Å². The molecule has 0 radical (unpaired) electrons. The molecule has 1 N–H and O–H groups in total. The number of rotatable bonds is 2. The smallest absolute Gasteiger partial charge is 0.384 e. The summed E-state index contributed by atoms with van der Waals surface area (Å²) in [6.45, 7) is 0.884. The Labute approximate surface area is 154 Å². The Bertz CT molecular complexity index is 1020. The summed E-state index contributed by atoms with van der Waals surface area (Å²) in [4.78, 5) is 8.67. The highest BCUT2D eigenvalue weighted by molar-refractivity contribution is 5.75. The van der Waals surface area contributed by atoms with Crippen molar-refractivity contribution in [2.24, 2.45) is 0 Å². The molecule has 3 aromatic rings. The van der Waals surface area contributed by atoms with Gasteiger partial charge in [-0.2, -0.15) is 13.2 Å². The molecule has 27 heavy (non-hydrogen) atoms. The summed E-state index contributed by atoms with van der Waals surface area (Å²) in [5, 5.41) is 3.32. The van der Waals surface area contributed by atoms with Gasteiger partial charge in [0.25, 0.3) is 0 Å². The lowest BCUT2D eigenvalue weighted by Gasteiger charge is -2.15. The molecule has 1 aliphatic carbocycles. The number of hydrogen-bond acceptors (Lipinski definition) is 3. The predicted molar refractivity (Wildman–Crippen MR) is 97.3 cm³/mol.